The molecule has 4 amide bonds. The maximum absolute atomic E-state index is 13.3. The molecular formula is C20H34Cl4I2N6O8S4. The van der Waals surface area contributed by atoms with Crippen molar-refractivity contribution >= 4 is 156 Å². The Kier molecular flexibility index (Phi) is 23.9. The fraction of sp³-hybridized carbons (Fsp3) is 0.800. The minimum atomic E-state index is -4.20. The fourth-order valence-electron chi connectivity index (χ4n) is 3.10. The van der Waals surface area contributed by atoms with Crippen LogP contribution in [0.3, 0.4) is 0 Å². The number of alkyl halides is 6. The van der Waals surface area contributed by atoms with Gasteiger partial charge in [-0.3, -0.25) is 30.0 Å². The van der Waals surface area contributed by atoms with Gasteiger partial charge in [0.1, 0.15) is 21.2 Å². The Labute approximate surface area is 313 Å². The van der Waals surface area contributed by atoms with Crippen molar-refractivity contribution in [2.24, 2.45) is 0 Å². The number of amides is 4. The molecule has 0 spiro atoms. The molecule has 0 aromatic carbocycles. The number of sulfone groups is 2. The van der Waals surface area contributed by atoms with Gasteiger partial charge in [0, 0.05) is 62.2 Å². The first-order valence-electron chi connectivity index (χ1n) is 12.3. The Bertz CT molecular complexity index is 1070. The maximum atomic E-state index is 13.3. The number of carbonyl (C=O) groups is 4. The monoisotopic (exact) mass is 1010 g/mol. The smallest absolute Gasteiger partial charge is 0.259 e. The van der Waals surface area contributed by atoms with Gasteiger partial charge < -0.3 is 10.6 Å². The Morgan fingerprint density at radius 1 is 0.636 bits per heavy atom. The van der Waals surface area contributed by atoms with Crippen LogP contribution in [0.5, 0.6) is 0 Å². The van der Waals surface area contributed by atoms with Gasteiger partial charge in [0.05, 0.1) is 8.86 Å². The van der Waals surface area contributed by atoms with Gasteiger partial charge in [-0.25, -0.2) is 26.9 Å². The molecule has 0 aliphatic rings. The van der Waals surface area contributed by atoms with E-state index in [-0.39, 0.29) is 58.6 Å². The van der Waals surface area contributed by atoms with Crippen molar-refractivity contribution < 1.29 is 36.0 Å². The van der Waals surface area contributed by atoms with Crippen LogP contribution < -0.4 is 21.5 Å². The third-order valence-electron chi connectivity index (χ3n) is 5.03. The van der Waals surface area contributed by atoms with E-state index in [0.29, 0.717) is 21.6 Å². The Hall–Kier alpha value is 1.02. The van der Waals surface area contributed by atoms with Crippen molar-refractivity contribution in [1.29, 1.82) is 0 Å². The molecule has 0 aromatic heterocycles. The zero-order chi connectivity index (χ0) is 34.1. The number of nitrogens with one attached hydrogen (secondary N) is 4. The van der Waals surface area contributed by atoms with Crippen LogP contribution in [0.2, 0.25) is 0 Å². The van der Waals surface area contributed by atoms with E-state index in [0.717, 1.165) is 12.5 Å². The van der Waals surface area contributed by atoms with Gasteiger partial charge in [0.2, 0.25) is 11.8 Å². The van der Waals surface area contributed by atoms with Gasteiger partial charge >= 0.3 is 0 Å². The number of carbonyl (C=O) groups excluding carboxylic acids is 4. The van der Waals surface area contributed by atoms with E-state index >= 15 is 0 Å². The first-order valence-corrected chi connectivity index (χ1v) is 23.6. The van der Waals surface area contributed by atoms with Crippen molar-refractivity contribution in [2.45, 2.75) is 21.2 Å². The summed E-state index contributed by atoms with van der Waals surface area (Å²) in [6, 6.07) is -3.42. The molecule has 0 aliphatic carbocycles. The van der Waals surface area contributed by atoms with Crippen LogP contribution in [0.15, 0.2) is 0 Å². The van der Waals surface area contributed by atoms with E-state index < -0.39 is 64.6 Å². The zero-order valence-electron chi connectivity index (χ0n) is 23.4. The highest BCUT2D eigenvalue weighted by Gasteiger charge is 2.43. The van der Waals surface area contributed by atoms with Crippen molar-refractivity contribution in [1.82, 2.24) is 31.5 Å². The van der Waals surface area contributed by atoms with Gasteiger partial charge in [0.15, 0.2) is 19.7 Å². The van der Waals surface area contributed by atoms with Crippen LogP contribution in [0.25, 0.3) is 0 Å². The summed E-state index contributed by atoms with van der Waals surface area (Å²) >= 11 is 26.6. The molecule has 4 unspecified atom stereocenters. The molecule has 0 bridgehead atoms. The third-order valence-corrected chi connectivity index (χ3v) is 15.3. The Balaban J connectivity index is 6.64. The first-order chi connectivity index (χ1) is 20.5. The summed E-state index contributed by atoms with van der Waals surface area (Å²) in [5.41, 5.74) is 4.99. The van der Waals surface area contributed by atoms with Gasteiger partial charge in [-0.15, -0.1) is 46.4 Å². The molecule has 0 radical (unpaired) electrons. The molecule has 258 valence electrons. The van der Waals surface area contributed by atoms with Crippen LogP contribution in [0, 0.1) is 0 Å². The molecular weight excluding hydrogens is 976 g/mol. The molecule has 0 fully saturated rings. The molecule has 0 saturated heterocycles. The van der Waals surface area contributed by atoms with Crippen LogP contribution in [-0.4, -0.2) is 143 Å². The number of hydrazine groups is 2. The normalized spacial score (nSPS) is 14.9. The summed E-state index contributed by atoms with van der Waals surface area (Å²) in [5.74, 6) is -2.82. The summed E-state index contributed by atoms with van der Waals surface area (Å²) in [7, 11) is -7.52. The summed E-state index contributed by atoms with van der Waals surface area (Å²) in [4.78, 5) is 51.4. The lowest BCUT2D eigenvalue weighted by Crippen LogP contribution is -2.59. The molecule has 44 heavy (non-hydrogen) atoms. The van der Waals surface area contributed by atoms with Crippen molar-refractivity contribution in [3.05, 3.63) is 0 Å². The molecule has 0 saturated carbocycles. The first kappa shape index (κ1) is 45.0. The number of halogens is 6. The molecule has 0 heterocycles. The molecule has 4 N–H and O–H groups in total. The lowest BCUT2D eigenvalue weighted by molar-refractivity contribution is -0.131. The van der Waals surface area contributed by atoms with Gasteiger partial charge in [-0.1, -0.05) is 66.8 Å². The molecule has 4 atom stereocenters. The molecule has 14 nitrogen and oxygen atoms in total. The quantitative estimate of drug-likeness (QED) is 0.0483. The fourth-order valence-corrected chi connectivity index (χ4v) is 12.4. The highest BCUT2D eigenvalue weighted by Crippen LogP contribution is 2.39. The average Bonchev–Trinajstić information content (AvgIpc) is 2.92. The Morgan fingerprint density at radius 2 is 0.909 bits per heavy atom. The number of rotatable bonds is 23. The average molecular weight is 1010 g/mol. The third kappa shape index (κ3) is 17.4. The predicted octanol–water partition coefficient (Wildman–Crippen LogP) is 0.570. The van der Waals surface area contributed by atoms with Crippen molar-refractivity contribution in [2.75, 3.05) is 71.1 Å². The second-order valence-electron chi connectivity index (χ2n) is 8.63. The van der Waals surface area contributed by atoms with Crippen LogP contribution in [0.4, 0.5) is 0 Å². The van der Waals surface area contributed by atoms with E-state index in [1.807, 2.05) is 0 Å². The zero-order valence-corrected chi connectivity index (χ0v) is 34.0. The van der Waals surface area contributed by atoms with E-state index in [1.54, 1.807) is 45.2 Å². The van der Waals surface area contributed by atoms with Gasteiger partial charge in [0.25, 0.3) is 11.8 Å². The molecule has 0 aromatic rings. The van der Waals surface area contributed by atoms with Gasteiger partial charge in [-0.05, 0) is 0 Å². The van der Waals surface area contributed by atoms with Gasteiger partial charge in [-0.2, -0.15) is 0 Å². The minimum Gasteiger partial charge on any atom is -0.342 e. The second-order valence-corrected chi connectivity index (χ2v) is 19.2. The summed E-state index contributed by atoms with van der Waals surface area (Å²) in [6.45, 7) is 0.581. The molecule has 24 heteroatoms. The SMILES string of the molecule is CS(=O)(=O)C(SSC(C(NC(=O)CI)C(=O)NN(CCCl)CCCl)S(C)(=O)=O)C(NC(=O)CI)C(=O)NN(CCCl)CCCl. The highest BCUT2D eigenvalue weighted by molar-refractivity contribution is 14.1. The summed E-state index contributed by atoms with van der Waals surface area (Å²) in [5, 5.41) is 7.44. The lowest BCUT2D eigenvalue weighted by atomic mass is 10.3. The number of hydrogen-bond donors (Lipinski definition) is 4. The van der Waals surface area contributed by atoms with Crippen molar-refractivity contribution in [3.8, 4) is 0 Å². The van der Waals surface area contributed by atoms with Crippen molar-refractivity contribution in [3.63, 3.8) is 0 Å². The van der Waals surface area contributed by atoms with Crippen LogP contribution in [0.1, 0.15) is 0 Å². The second kappa shape index (κ2) is 23.4. The van der Waals surface area contributed by atoms with E-state index in [4.69, 9.17) is 46.4 Å². The lowest BCUT2D eigenvalue weighted by Gasteiger charge is -2.31. The van der Waals surface area contributed by atoms with E-state index in [2.05, 4.69) is 21.5 Å². The standard InChI is InChI=1S/C20H34Cl4I2N6O8S4/c1-43(37,38)19(15(27-13(33)11-25)17(35)29-31(7-3-21)8-4-22)41-42-20(44(2,39)40)16(28-14(34)12-26)18(36)30-32(9-5-23)10-6-24/h15-16,19-20H,3-12H2,1-2H3,(H,27,33)(H,28,34)(H,29,35)(H,30,36). The topological polar surface area (TPSA) is 191 Å². The maximum Gasteiger partial charge on any atom is 0.259 e. The molecule has 0 rings (SSSR count). The predicted molar refractivity (Wildman–Crippen MR) is 196 cm³/mol. The Morgan fingerprint density at radius 3 is 1.11 bits per heavy atom. The van der Waals surface area contributed by atoms with E-state index in [1.165, 1.54) is 10.0 Å². The number of nitrogens with zero attached hydrogens (tertiary/aromatic N) is 2. The van der Waals surface area contributed by atoms with Crippen LogP contribution >= 0.6 is 113 Å². The van der Waals surface area contributed by atoms with Crippen LogP contribution in [-0.2, 0) is 38.9 Å². The number of hydrogen-bond acceptors (Lipinski definition) is 12. The summed E-state index contributed by atoms with van der Waals surface area (Å²) < 4.78 is 48.3. The minimum absolute atomic E-state index is 0.0949. The summed E-state index contributed by atoms with van der Waals surface area (Å²) in [6.07, 6.45) is 1.62. The van der Waals surface area contributed by atoms with E-state index in [9.17, 15) is 36.0 Å². The molecule has 0 aliphatic heterocycles. The highest BCUT2D eigenvalue weighted by atomic mass is 127. The largest absolute Gasteiger partial charge is 0.342 e.